The smallest absolute Gasteiger partial charge is 0.321 e. The summed E-state index contributed by atoms with van der Waals surface area (Å²) in [6, 6.07) is 11.9. The van der Waals surface area contributed by atoms with Gasteiger partial charge in [0.05, 0.1) is 15.8 Å². The second-order valence-electron chi connectivity index (χ2n) is 5.77. The molecule has 9 heteroatoms. The molecule has 28 heavy (non-hydrogen) atoms. The first-order valence-corrected chi connectivity index (χ1v) is 8.89. The van der Waals surface area contributed by atoms with E-state index < -0.39 is 17.6 Å². The molecule has 2 heterocycles. The van der Waals surface area contributed by atoms with E-state index in [0.29, 0.717) is 5.01 Å². The second kappa shape index (κ2) is 7.01. The second-order valence-corrected chi connectivity index (χ2v) is 6.80. The predicted molar refractivity (Wildman–Crippen MR) is 100 cm³/mol. The van der Waals surface area contributed by atoms with Gasteiger partial charge in [0.2, 0.25) is 0 Å². The minimum absolute atomic E-state index is 0.0146. The van der Waals surface area contributed by atoms with Crippen molar-refractivity contribution < 1.29 is 18.0 Å². The van der Waals surface area contributed by atoms with Crippen molar-refractivity contribution in [2.24, 2.45) is 0 Å². The van der Waals surface area contributed by atoms with Crippen LogP contribution >= 0.6 is 11.3 Å². The number of nitrogens with one attached hydrogen (secondary N) is 1. The lowest BCUT2D eigenvalue weighted by molar-refractivity contribution is -0.137. The molecule has 4 rings (SSSR count). The zero-order valence-electron chi connectivity index (χ0n) is 14.1. The molecule has 0 radical (unpaired) electrons. The highest BCUT2D eigenvalue weighted by molar-refractivity contribution is 7.21. The van der Waals surface area contributed by atoms with Crippen molar-refractivity contribution in [2.45, 2.75) is 6.18 Å². The van der Waals surface area contributed by atoms with Crippen molar-refractivity contribution in [1.29, 1.82) is 0 Å². The minimum Gasteiger partial charge on any atom is -0.321 e. The van der Waals surface area contributed by atoms with Crippen LogP contribution < -0.4 is 5.32 Å². The Hall–Kier alpha value is -3.33. The summed E-state index contributed by atoms with van der Waals surface area (Å²) in [5.74, 6) is -0.665. The van der Waals surface area contributed by atoms with Gasteiger partial charge in [-0.3, -0.25) is 4.79 Å². The SMILES string of the molecule is O=C(Nc1cccc(C(F)(F)F)c1)c1nccnc1-c1nc2ccccc2s1. The molecule has 0 aliphatic rings. The van der Waals surface area contributed by atoms with E-state index in [0.717, 1.165) is 22.3 Å². The number of halogens is 3. The Balaban J connectivity index is 1.68. The number of hydrogen-bond acceptors (Lipinski definition) is 5. The first kappa shape index (κ1) is 18.1. The number of carbonyl (C=O) groups is 1. The summed E-state index contributed by atoms with van der Waals surface area (Å²) in [6.07, 6.45) is -1.72. The van der Waals surface area contributed by atoms with Crippen molar-refractivity contribution in [1.82, 2.24) is 15.0 Å². The highest BCUT2D eigenvalue weighted by atomic mass is 32.1. The first-order chi connectivity index (χ1) is 13.4. The third kappa shape index (κ3) is 3.56. The van der Waals surface area contributed by atoms with Gasteiger partial charge in [-0.1, -0.05) is 18.2 Å². The van der Waals surface area contributed by atoms with E-state index in [2.05, 4.69) is 20.3 Å². The van der Waals surface area contributed by atoms with Crippen molar-refractivity contribution in [3.63, 3.8) is 0 Å². The molecule has 0 bridgehead atoms. The molecule has 0 atom stereocenters. The van der Waals surface area contributed by atoms with E-state index in [9.17, 15) is 18.0 Å². The molecule has 4 aromatic rings. The quantitative estimate of drug-likeness (QED) is 0.524. The number of para-hydroxylation sites is 1. The maximum atomic E-state index is 12.9. The average Bonchev–Trinajstić information content (AvgIpc) is 3.11. The van der Waals surface area contributed by atoms with E-state index in [-0.39, 0.29) is 17.1 Å². The fourth-order valence-electron chi connectivity index (χ4n) is 2.60. The van der Waals surface area contributed by atoms with Crippen LogP contribution in [0.15, 0.2) is 60.9 Å². The maximum absolute atomic E-state index is 12.9. The van der Waals surface area contributed by atoms with Gasteiger partial charge in [0, 0.05) is 18.1 Å². The van der Waals surface area contributed by atoms with Crippen LogP contribution in [0.5, 0.6) is 0 Å². The van der Waals surface area contributed by atoms with Crippen molar-refractivity contribution in [3.8, 4) is 10.7 Å². The number of carbonyl (C=O) groups excluding carboxylic acids is 1. The van der Waals surface area contributed by atoms with Gasteiger partial charge in [-0.2, -0.15) is 13.2 Å². The molecule has 0 spiro atoms. The van der Waals surface area contributed by atoms with Crippen molar-refractivity contribution >= 4 is 33.1 Å². The number of nitrogens with zero attached hydrogens (tertiary/aromatic N) is 3. The summed E-state index contributed by atoms with van der Waals surface area (Å²) in [4.78, 5) is 25.4. The van der Waals surface area contributed by atoms with Crippen LogP contribution in [0.3, 0.4) is 0 Å². The maximum Gasteiger partial charge on any atom is 0.416 e. The van der Waals surface area contributed by atoms with Gasteiger partial charge in [0.1, 0.15) is 10.7 Å². The fourth-order valence-corrected chi connectivity index (χ4v) is 3.56. The average molecular weight is 400 g/mol. The standard InChI is InChI=1S/C19H11F3N4OS/c20-19(21,22)11-4-3-5-12(10-11)25-17(27)15-16(24-9-8-23-15)18-26-13-6-1-2-7-14(13)28-18/h1-10H,(H,25,27). The Morgan fingerprint density at radius 2 is 1.79 bits per heavy atom. The summed E-state index contributed by atoms with van der Waals surface area (Å²) >= 11 is 1.35. The highest BCUT2D eigenvalue weighted by Gasteiger charge is 2.30. The lowest BCUT2D eigenvalue weighted by Crippen LogP contribution is -2.16. The molecule has 0 aliphatic heterocycles. The molecule has 2 aromatic carbocycles. The molecule has 1 amide bonds. The Morgan fingerprint density at radius 1 is 1.00 bits per heavy atom. The molecule has 2 aromatic heterocycles. The zero-order valence-corrected chi connectivity index (χ0v) is 14.9. The number of anilines is 1. The molecular weight excluding hydrogens is 389 g/mol. The predicted octanol–water partition coefficient (Wildman–Crippen LogP) is 5.02. The van der Waals surface area contributed by atoms with Crippen LogP contribution in [0.25, 0.3) is 20.9 Å². The molecule has 5 nitrogen and oxygen atoms in total. The van der Waals surface area contributed by atoms with Crippen LogP contribution in [0.1, 0.15) is 16.1 Å². The third-order valence-corrected chi connectivity index (χ3v) is 4.90. The Bertz CT molecular complexity index is 1140. The highest BCUT2D eigenvalue weighted by Crippen LogP contribution is 2.32. The van der Waals surface area contributed by atoms with Crippen LogP contribution in [0, 0.1) is 0 Å². The van der Waals surface area contributed by atoms with Gasteiger partial charge in [-0.15, -0.1) is 11.3 Å². The summed E-state index contributed by atoms with van der Waals surface area (Å²) in [6.45, 7) is 0. The van der Waals surface area contributed by atoms with Crippen LogP contribution in [-0.4, -0.2) is 20.9 Å². The van der Waals surface area contributed by atoms with Crippen LogP contribution in [0.4, 0.5) is 18.9 Å². The molecule has 0 aliphatic carbocycles. The van der Waals surface area contributed by atoms with Gasteiger partial charge in [-0.25, -0.2) is 15.0 Å². The van der Waals surface area contributed by atoms with E-state index >= 15 is 0 Å². The summed E-state index contributed by atoms with van der Waals surface area (Å²) < 4.78 is 39.5. The number of thiazole rings is 1. The van der Waals surface area contributed by atoms with E-state index in [4.69, 9.17) is 0 Å². The number of benzene rings is 2. The van der Waals surface area contributed by atoms with Gasteiger partial charge < -0.3 is 5.32 Å². The van der Waals surface area contributed by atoms with Gasteiger partial charge >= 0.3 is 6.18 Å². The number of fused-ring (bicyclic) bond motifs is 1. The van der Waals surface area contributed by atoms with Crippen LogP contribution in [0.2, 0.25) is 0 Å². The largest absolute Gasteiger partial charge is 0.416 e. The molecule has 0 saturated heterocycles. The van der Waals surface area contributed by atoms with E-state index in [1.807, 2.05) is 24.3 Å². The number of alkyl halides is 3. The number of amides is 1. The van der Waals surface area contributed by atoms with Crippen LogP contribution in [-0.2, 0) is 6.18 Å². The summed E-state index contributed by atoms with van der Waals surface area (Å²) in [5.41, 5.74) is 0.182. The minimum atomic E-state index is -4.50. The Kier molecular flexibility index (Phi) is 4.52. The summed E-state index contributed by atoms with van der Waals surface area (Å²) in [5, 5.41) is 2.95. The number of aromatic nitrogens is 3. The van der Waals surface area contributed by atoms with Crippen molar-refractivity contribution in [3.05, 3.63) is 72.2 Å². The molecule has 140 valence electrons. The molecule has 0 fully saturated rings. The molecular formula is C19H11F3N4OS. The van der Waals surface area contributed by atoms with E-state index in [1.54, 1.807) is 0 Å². The normalized spacial score (nSPS) is 11.5. The number of hydrogen-bond donors (Lipinski definition) is 1. The summed E-state index contributed by atoms with van der Waals surface area (Å²) in [7, 11) is 0. The Labute approximate surface area is 160 Å². The monoisotopic (exact) mass is 400 g/mol. The lowest BCUT2D eigenvalue weighted by Gasteiger charge is -2.10. The first-order valence-electron chi connectivity index (χ1n) is 8.07. The van der Waals surface area contributed by atoms with Gasteiger partial charge in [-0.05, 0) is 30.3 Å². The molecule has 0 saturated carbocycles. The third-order valence-electron chi connectivity index (χ3n) is 3.86. The Morgan fingerprint density at radius 3 is 2.57 bits per heavy atom. The number of rotatable bonds is 3. The van der Waals surface area contributed by atoms with Gasteiger partial charge in [0.25, 0.3) is 5.91 Å². The van der Waals surface area contributed by atoms with Crippen molar-refractivity contribution in [2.75, 3.05) is 5.32 Å². The zero-order chi connectivity index (χ0) is 19.7. The molecule has 1 N–H and O–H groups in total. The van der Waals surface area contributed by atoms with E-state index in [1.165, 1.54) is 35.9 Å². The lowest BCUT2D eigenvalue weighted by atomic mass is 10.2. The fraction of sp³-hybridized carbons (Fsp3) is 0.0526. The molecule has 0 unspecified atom stereocenters. The topological polar surface area (TPSA) is 67.8 Å². The van der Waals surface area contributed by atoms with Gasteiger partial charge in [0.15, 0.2) is 5.69 Å².